The molecule has 0 N–H and O–H groups in total. The smallest absolute Gasteiger partial charge is 0.306 e. The summed E-state index contributed by atoms with van der Waals surface area (Å²) in [6.07, 6.45) is 9.55. The topological polar surface area (TPSA) is 54.0 Å². The lowest BCUT2D eigenvalue weighted by Gasteiger charge is -2.33. The summed E-state index contributed by atoms with van der Waals surface area (Å²) in [5, 5.41) is 0. The number of esters is 1. The summed E-state index contributed by atoms with van der Waals surface area (Å²) in [5.74, 6) is 1.32. The molecule has 1 aliphatic carbocycles. The first-order valence-corrected chi connectivity index (χ1v) is 9.74. The summed E-state index contributed by atoms with van der Waals surface area (Å²) >= 11 is 0. The van der Waals surface area contributed by atoms with E-state index in [1.54, 1.807) is 14.2 Å². The Bertz CT molecular complexity index is 625. The molecule has 0 saturated carbocycles. The molecule has 1 aromatic rings. The normalized spacial score (nSPS) is 18.9. The fourth-order valence-corrected chi connectivity index (χ4v) is 3.58. The number of ether oxygens (including phenoxy) is 4. The van der Waals surface area contributed by atoms with E-state index in [1.807, 2.05) is 19.1 Å². The summed E-state index contributed by atoms with van der Waals surface area (Å²) in [6.45, 7) is 3.50. The van der Waals surface area contributed by atoms with Gasteiger partial charge in [0, 0.05) is 25.6 Å². The molecule has 2 rings (SSSR count). The lowest BCUT2D eigenvalue weighted by Crippen LogP contribution is -2.28. The predicted molar refractivity (Wildman–Crippen MR) is 105 cm³/mol. The predicted octanol–water partition coefficient (Wildman–Crippen LogP) is 4.33. The van der Waals surface area contributed by atoms with Gasteiger partial charge in [0.1, 0.15) is 0 Å². The Morgan fingerprint density at radius 3 is 2.70 bits per heavy atom. The molecule has 1 unspecified atom stereocenters. The van der Waals surface area contributed by atoms with Crippen LogP contribution in [0.25, 0.3) is 0 Å². The van der Waals surface area contributed by atoms with E-state index in [1.165, 1.54) is 0 Å². The van der Waals surface area contributed by atoms with Crippen LogP contribution in [-0.4, -0.2) is 40.0 Å². The molecule has 0 radical (unpaired) electrons. The van der Waals surface area contributed by atoms with Crippen molar-refractivity contribution in [2.45, 2.75) is 45.4 Å². The van der Waals surface area contributed by atoms with E-state index >= 15 is 0 Å². The number of carbonyl (C=O) groups excluding carboxylic acids is 1. The van der Waals surface area contributed by atoms with Crippen molar-refractivity contribution in [3.63, 3.8) is 0 Å². The summed E-state index contributed by atoms with van der Waals surface area (Å²) in [6, 6.07) is 6.02. The van der Waals surface area contributed by atoms with Crippen LogP contribution >= 0.6 is 0 Å². The van der Waals surface area contributed by atoms with E-state index in [2.05, 4.69) is 18.2 Å². The number of carbonyl (C=O) groups is 1. The largest absolute Gasteiger partial charge is 0.493 e. The minimum Gasteiger partial charge on any atom is -0.493 e. The van der Waals surface area contributed by atoms with E-state index in [9.17, 15) is 4.79 Å². The highest BCUT2D eigenvalue weighted by molar-refractivity contribution is 5.70. The Balaban J connectivity index is 2.15. The van der Waals surface area contributed by atoms with Gasteiger partial charge in [-0.25, -0.2) is 0 Å². The number of hydrogen-bond donors (Lipinski definition) is 0. The molecule has 0 amide bonds. The van der Waals surface area contributed by atoms with Gasteiger partial charge in [-0.15, -0.1) is 0 Å². The van der Waals surface area contributed by atoms with Crippen molar-refractivity contribution in [2.24, 2.45) is 5.41 Å². The first-order chi connectivity index (χ1) is 13.1. The van der Waals surface area contributed by atoms with Crippen LogP contribution in [0.3, 0.4) is 0 Å². The van der Waals surface area contributed by atoms with Gasteiger partial charge >= 0.3 is 5.97 Å². The highest BCUT2D eigenvalue weighted by Crippen LogP contribution is 2.40. The molecule has 0 spiro atoms. The fourth-order valence-electron chi connectivity index (χ4n) is 3.58. The Labute approximate surface area is 162 Å². The molecule has 0 bridgehead atoms. The lowest BCUT2D eigenvalue weighted by atomic mass is 9.72. The highest BCUT2D eigenvalue weighted by Gasteiger charge is 2.32. The van der Waals surface area contributed by atoms with Crippen molar-refractivity contribution >= 4 is 5.97 Å². The van der Waals surface area contributed by atoms with Crippen molar-refractivity contribution in [2.75, 3.05) is 34.0 Å². The van der Waals surface area contributed by atoms with Crippen LogP contribution < -0.4 is 9.47 Å². The van der Waals surface area contributed by atoms with Crippen LogP contribution in [0.4, 0.5) is 0 Å². The molecule has 0 fully saturated rings. The minimum absolute atomic E-state index is 0.131. The van der Waals surface area contributed by atoms with Crippen molar-refractivity contribution in [3.05, 3.63) is 35.9 Å². The van der Waals surface area contributed by atoms with Crippen LogP contribution in [-0.2, 0) is 20.7 Å². The molecule has 5 nitrogen and oxygen atoms in total. The van der Waals surface area contributed by atoms with E-state index in [4.69, 9.17) is 18.9 Å². The summed E-state index contributed by atoms with van der Waals surface area (Å²) in [5.41, 5.74) is 0.945. The summed E-state index contributed by atoms with van der Waals surface area (Å²) in [7, 11) is 3.32. The molecule has 1 aromatic carbocycles. The maximum absolute atomic E-state index is 12.2. The van der Waals surface area contributed by atoms with Gasteiger partial charge in [0.2, 0.25) is 0 Å². The average molecular weight is 376 g/mol. The first kappa shape index (κ1) is 21.3. The van der Waals surface area contributed by atoms with E-state index in [0.717, 1.165) is 49.2 Å². The Hall–Kier alpha value is -2.01. The second-order valence-electron chi connectivity index (χ2n) is 7.00. The van der Waals surface area contributed by atoms with Gasteiger partial charge in [-0.2, -0.15) is 0 Å². The number of methoxy groups -OCH3 is 2. The fraction of sp³-hybridized carbons (Fsp3) is 0.591. The number of hydrogen-bond acceptors (Lipinski definition) is 5. The van der Waals surface area contributed by atoms with Gasteiger partial charge in [0.15, 0.2) is 11.5 Å². The molecule has 5 heteroatoms. The van der Waals surface area contributed by atoms with Gasteiger partial charge in [0.05, 0.1) is 26.7 Å². The lowest BCUT2D eigenvalue weighted by molar-refractivity contribution is -0.145. The van der Waals surface area contributed by atoms with Crippen molar-refractivity contribution in [3.8, 4) is 11.5 Å². The molecule has 150 valence electrons. The van der Waals surface area contributed by atoms with Crippen LogP contribution in [0.15, 0.2) is 30.4 Å². The van der Waals surface area contributed by atoms with Gasteiger partial charge < -0.3 is 18.9 Å². The standard InChI is InChI=1S/C22H32O5/c1-4-26-21(23)17-22(11-6-5-7-12-22)16-18-9-10-19(25-3)20(15-18)27-14-8-13-24-2/h6,9-11,15H,4-5,7-8,12-14,16-17H2,1-3H3. The molecule has 1 atom stereocenters. The number of benzene rings is 1. The maximum atomic E-state index is 12.2. The monoisotopic (exact) mass is 376 g/mol. The van der Waals surface area contributed by atoms with E-state index in [-0.39, 0.29) is 11.4 Å². The number of allylic oxidation sites excluding steroid dienone is 2. The van der Waals surface area contributed by atoms with Crippen LogP contribution in [0.1, 0.15) is 44.6 Å². The first-order valence-electron chi connectivity index (χ1n) is 9.74. The molecule has 0 heterocycles. The molecular formula is C22H32O5. The summed E-state index contributed by atoms with van der Waals surface area (Å²) in [4.78, 5) is 12.2. The molecule has 1 aliphatic rings. The second-order valence-corrected chi connectivity index (χ2v) is 7.00. The third-order valence-corrected chi connectivity index (χ3v) is 4.85. The summed E-state index contributed by atoms with van der Waals surface area (Å²) < 4.78 is 21.6. The van der Waals surface area contributed by atoms with Crippen LogP contribution in [0.5, 0.6) is 11.5 Å². The van der Waals surface area contributed by atoms with Crippen molar-refractivity contribution in [1.29, 1.82) is 0 Å². The third-order valence-electron chi connectivity index (χ3n) is 4.85. The van der Waals surface area contributed by atoms with Crippen LogP contribution in [0.2, 0.25) is 0 Å². The average Bonchev–Trinajstić information content (AvgIpc) is 2.66. The molecule has 27 heavy (non-hydrogen) atoms. The Kier molecular flexibility index (Phi) is 8.65. The second kappa shape index (κ2) is 11.0. The van der Waals surface area contributed by atoms with Gasteiger partial charge in [-0.1, -0.05) is 18.2 Å². The van der Waals surface area contributed by atoms with Crippen molar-refractivity contribution in [1.82, 2.24) is 0 Å². The zero-order valence-corrected chi connectivity index (χ0v) is 16.8. The molecular weight excluding hydrogens is 344 g/mol. The maximum Gasteiger partial charge on any atom is 0.306 e. The quantitative estimate of drug-likeness (QED) is 0.327. The Morgan fingerprint density at radius 1 is 1.19 bits per heavy atom. The van der Waals surface area contributed by atoms with Gasteiger partial charge in [-0.3, -0.25) is 4.79 Å². The SMILES string of the molecule is CCOC(=O)CC1(Cc2ccc(OC)c(OCCCOC)c2)C=CCCC1. The zero-order valence-electron chi connectivity index (χ0n) is 16.8. The number of rotatable bonds is 11. The van der Waals surface area contributed by atoms with E-state index < -0.39 is 0 Å². The molecule has 0 saturated heterocycles. The van der Waals surface area contributed by atoms with Gasteiger partial charge in [0.25, 0.3) is 0 Å². The van der Waals surface area contributed by atoms with Crippen LogP contribution in [0, 0.1) is 5.41 Å². The zero-order chi connectivity index (χ0) is 19.5. The molecule has 0 aliphatic heterocycles. The van der Waals surface area contributed by atoms with Gasteiger partial charge in [-0.05, 0) is 50.3 Å². The Morgan fingerprint density at radius 2 is 2.04 bits per heavy atom. The van der Waals surface area contributed by atoms with Crippen molar-refractivity contribution < 1.29 is 23.7 Å². The molecule has 0 aromatic heterocycles. The van der Waals surface area contributed by atoms with E-state index in [0.29, 0.717) is 26.2 Å². The third kappa shape index (κ3) is 6.58. The minimum atomic E-state index is -0.188. The highest BCUT2D eigenvalue weighted by atomic mass is 16.5.